The number of carbonyl (C=O) groups is 1. The molecule has 7 heteroatoms. The normalized spacial score (nSPS) is 12.4. The predicted molar refractivity (Wildman–Crippen MR) is 84.4 cm³/mol. The fourth-order valence-corrected chi connectivity index (χ4v) is 2.86. The van der Waals surface area contributed by atoms with E-state index in [1.165, 1.54) is 12.1 Å². The van der Waals surface area contributed by atoms with Gasteiger partial charge in [-0.05, 0) is 49.7 Å². The number of likely N-dealkylation sites (N-methyl/N-ethyl adjacent to an activating group) is 1. The lowest BCUT2D eigenvalue weighted by molar-refractivity contribution is 0.0945. The SMILES string of the molecule is CCc1nnsc1C(=O)NCC(c1cccc(F)c1)N(C)C. The molecule has 1 N–H and O–H groups in total. The lowest BCUT2D eigenvalue weighted by atomic mass is 10.1. The first-order valence-electron chi connectivity index (χ1n) is 7.04. The van der Waals surface area contributed by atoms with Crippen molar-refractivity contribution in [2.75, 3.05) is 20.6 Å². The van der Waals surface area contributed by atoms with Gasteiger partial charge in [-0.25, -0.2) is 4.39 Å². The van der Waals surface area contributed by atoms with Crippen LogP contribution in [0, 0.1) is 5.82 Å². The number of aromatic nitrogens is 2. The van der Waals surface area contributed by atoms with E-state index in [1.807, 2.05) is 32.0 Å². The van der Waals surface area contributed by atoms with E-state index in [9.17, 15) is 9.18 Å². The average Bonchev–Trinajstić information content (AvgIpc) is 2.95. The number of hydrogen-bond acceptors (Lipinski definition) is 5. The van der Waals surface area contributed by atoms with Gasteiger partial charge in [-0.15, -0.1) is 5.10 Å². The molecular weight excluding hydrogens is 303 g/mol. The highest BCUT2D eigenvalue weighted by molar-refractivity contribution is 7.08. The first kappa shape index (κ1) is 16.5. The largest absolute Gasteiger partial charge is 0.349 e. The van der Waals surface area contributed by atoms with Gasteiger partial charge in [-0.2, -0.15) is 0 Å². The molecule has 5 nitrogen and oxygen atoms in total. The quantitative estimate of drug-likeness (QED) is 0.886. The number of nitrogens with one attached hydrogen (secondary N) is 1. The van der Waals surface area contributed by atoms with Gasteiger partial charge < -0.3 is 10.2 Å². The molecule has 1 heterocycles. The first-order valence-corrected chi connectivity index (χ1v) is 7.81. The van der Waals surface area contributed by atoms with Crippen LogP contribution in [0.3, 0.4) is 0 Å². The van der Waals surface area contributed by atoms with Crippen molar-refractivity contribution in [2.45, 2.75) is 19.4 Å². The summed E-state index contributed by atoms with van der Waals surface area (Å²) in [5.41, 5.74) is 1.53. The third kappa shape index (κ3) is 3.86. The van der Waals surface area contributed by atoms with Crippen molar-refractivity contribution in [2.24, 2.45) is 0 Å². The van der Waals surface area contributed by atoms with Crippen LogP contribution in [0.4, 0.5) is 4.39 Å². The van der Waals surface area contributed by atoms with E-state index in [4.69, 9.17) is 0 Å². The van der Waals surface area contributed by atoms with Gasteiger partial charge in [0.05, 0.1) is 11.7 Å². The smallest absolute Gasteiger partial charge is 0.265 e. The van der Waals surface area contributed by atoms with Crippen LogP contribution in [0.25, 0.3) is 0 Å². The molecule has 0 fully saturated rings. The molecule has 1 amide bonds. The predicted octanol–water partition coefficient (Wildman–Crippen LogP) is 2.27. The molecule has 0 aliphatic rings. The van der Waals surface area contributed by atoms with Crippen molar-refractivity contribution in [3.8, 4) is 0 Å². The number of carbonyl (C=O) groups excluding carboxylic acids is 1. The number of hydrogen-bond donors (Lipinski definition) is 1. The van der Waals surface area contributed by atoms with Gasteiger partial charge >= 0.3 is 0 Å². The van der Waals surface area contributed by atoms with Crippen LogP contribution in [-0.4, -0.2) is 41.0 Å². The fourth-order valence-electron chi connectivity index (χ4n) is 2.19. The van der Waals surface area contributed by atoms with E-state index in [0.717, 1.165) is 17.1 Å². The molecule has 1 aromatic carbocycles. The van der Waals surface area contributed by atoms with Gasteiger partial charge in [0.25, 0.3) is 5.91 Å². The summed E-state index contributed by atoms with van der Waals surface area (Å²) in [5.74, 6) is -0.467. The summed E-state index contributed by atoms with van der Waals surface area (Å²) >= 11 is 1.09. The Morgan fingerprint density at radius 3 is 2.86 bits per heavy atom. The van der Waals surface area contributed by atoms with Crippen LogP contribution in [0.1, 0.15) is 33.9 Å². The Morgan fingerprint density at radius 1 is 1.45 bits per heavy atom. The molecule has 2 aromatic rings. The number of nitrogens with zero attached hydrogens (tertiary/aromatic N) is 3. The highest BCUT2D eigenvalue weighted by Crippen LogP contribution is 2.19. The number of rotatable bonds is 6. The van der Waals surface area contributed by atoms with E-state index >= 15 is 0 Å². The van der Waals surface area contributed by atoms with Gasteiger partial charge in [-0.1, -0.05) is 23.5 Å². The van der Waals surface area contributed by atoms with Crippen molar-refractivity contribution in [3.63, 3.8) is 0 Å². The van der Waals surface area contributed by atoms with Gasteiger partial charge in [-0.3, -0.25) is 4.79 Å². The van der Waals surface area contributed by atoms with E-state index < -0.39 is 0 Å². The maximum atomic E-state index is 13.4. The number of halogens is 1. The Hall–Kier alpha value is -1.86. The Kier molecular flexibility index (Phi) is 5.57. The molecule has 0 aliphatic heterocycles. The van der Waals surface area contributed by atoms with Crippen molar-refractivity contribution >= 4 is 17.4 Å². The van der Waals surface area contributed by atoms with Gasteiger partial charge in [0, 0.05) is 6.54 Å². The minimum Gasteiger partial charge on any atom is -0.349 e. The summed E-state index contributed by atoms with van der Waals surface area (Å²) in [6.45, 7) is 2.32. The minimum absolute atomic E-state index is 0.106. The van der Waals surface area contributed by atoms with Crippen LogP contribution in [0.5, 0.6) is 0 Å². The second kappa shape index (κ2) is 7.42. The molecule has 0 spiro atoms. The summed E-state index contributed by atoms with van der Waals surface area (Å²) in [5, 5.41) is 6.82. The molecule has 0 bridgehead atoms. The minimum atomic E-state index is -0.282. The van der Waals surface area contributed by atoms with Crippen LogP contribution in [-0.2, 0) is 6.42 Å². The van der Waals surface area contributed by atoms with Gasteiger partial charge in [0.15, 0.2) is 0 Å². The first-order chi connectivity index (χ1) is 10.5. The van der Waals surface area contributed by atoms with E-state index in [2.05, 4.69) is 14.9 Å². The third-order valence-electron chi connectivity index (χ3n) is 3.41. The van der Waals surface area contributed by atoms with Crippen LogP contribution < -0.4 is 5.32 Å². The second-order valence-corrected chi connectivity index (χ2v) is 5.90. The maximum absolute atomic E-state index is 13.4. The van der Waals surface area contributed by atoms with Crippen LogP contribution in [0.15, 0.2) is 24.3 Å². The molecule has 1 unspecified atom stereocenters. The molecule has 0 saturated carbocycles. The van der Waals surface area contributed by atoms with Gasteiger partial charge in [0.1, 0.15) is 10.7 Å². The van der Waals surface area contributed by atoms with E-state index in [1.54, 1.807) is 6.07 Å². The van der Waals surface area contributed by atoms with Crippen molar-refractivity contribution in [1.29, 1.82) is 0 Å². The highest BCUT2D eigenvalue weighted by Gasteiger charge is 2.19. The summed E-state index contributed by atoms with van der Waals surface area (Å²) in [6.07, 6.45) is 0.667. The number of benzene rings is 1. The van der Waals surface area contributed by atoms with Crippen molar-refractivity contribution < 1.29 is 9.18 Å². The summed E-state index contributed by atoms with van der Waals surface area (Å²) in [4.78, 5) is 14.7. The molecule has 0 aliphatic carbocycles. The van der Waals surface area contributed by atoms with Crippen LogP contribution >= 0.6 is 11.5 Å². The molecule has 118 valence electrons. The average molecular weight is 322 g/mol. The summed E-state index contributed by atoms with van der Waals surface area (Å²) < 4.78 is 17.2. The standard InChI is InChI=1S/C15H19FN4OS/c1-4-12-14(22-19-18-12)15(21)17-9-13(20(2)3)10-6-5-7-11(16)8-10/h5-8,13H,4,9H2,1-3H3,(H,17,21). The monoisotopic (exact) mass is 322 g/mol. The number of aryl methyl sites for hydroxylation is 1. The van der Waals surface area contributed by atoms with Gasteiger partial charge in [0.2, 0.25) is 0 Å². The second-order valence-electron chi connectivity index (χ2n) is 5.15. The van der Waals surface area contributed by atoms with Crippen LogP contribution in [0.2, 0.25) is 0 Å². The molecule has 1 atom stereocenters. The Bertz CT molecular complexity index is 644. The Balaban J connectivity index is 2.08. The zero-order valence-corrected chi connectivity index (χ0v) is 13.7. The highest BCUT2D eigenvalue weighted by atomic mass is 32.1. The fraction of sp³-hybridized carbons (Fsp3) is 0.400. The zero-order chi connectivity index (χ0) is 16.1. The topological polar surface area (TPSA) is 58.1 Å². The Morgan fingerprint density at radius 2 is 2.23 bits per heavy atom. The summed E-state index contributed by atoms with van der Waals surface area (Å²) in [6, 6.07) is 6.32. The third-order valence-corrected chi connectivity index (χ3v) is 4.18. The molecule has 0 saturated heterocycles. The molecule has 22 heavy (non-hydrogen) atoms. The molecule has 2 rings (SSSR count). The molecule has 1 aromatic heterocycles. The lowest BCUT2D eigenvalue weighted by Gasteiger charge is -2.25. The molecule has 0 radical (unpaired) electrons. The molecular formula is C15H19FN4OS. The van der Waals surface area contributed by atoms with Crippen molar-refractivity contribution in [3.05, 3.63) is 46.2 Å². The Labute approximate surface area is 133 Å². The number of amides is 1. The van der Waals surface area contributed by atoms with E-state index in [-0.39, 0.29) is 17.8 Å². The zero-order valence-electron chi connectivity index (χ0n) is 12.8. The van der Waals surface area contributed by atoms with E-state index in [0.29, 0.717) is 23.5 Å². The maximum Gasteiger partial charge on any atom is 0.265 e. The van der Waals surface area contributed by atoms with Crippen molar-refractivity contribution in [1.82, 2.24) is 19.8 Å². The summed E-state index contributed by atoms with van der Waals surface area (Å²) in [7, 11) is 3.79. The lowest BCUT2D eigenvalue weighted by Crippen LogP contribution is -2.34.